The molecular formula is C17H25IN6. The third kappa shape index (κ3) is 3.01. The highest BCUT2D eigenvalue weighted by atomic mass is 127. The van der Waals surface area contributed by atoms with Gasteiger partial charge in [-0.3, -0.25) is 4.90 Å². The second-order valence-electron chi connectivity index (χ2n) is 7.15. The molecule has 2 aromatic rings. The number of hydrogen-bond donors (Lipinski definition) is 2. The average molecular weight is 440 g/mol. The van der Waals surface area contributed by atoms with Gasteiger partial charge >= 0.3 is 0 Å². The second kappa shape index (κ2) is 6.76. The summed E-state index contributed by atoms with van der Waals surface area (Å²) in [4.78, 5) is 11.3. The standard InChI is InChI=1S/C17H25IN6/c1-11-8-23(7-6-20-11)12-2-4-13(5-3-12)24-9-14(18)15-16(19)21-10-22-17(15)24/h9-13,20H,2-8H2,1H3,(H2,19,21,22)/t11-,12-,13-/m0/s1. The quantitative estimate of drug-likeness (QED) is 0.702. The van der Waals surface area contributed by atoms with Crippen LogP contribution in [0.2, 0.25) is 0 Å². The smallest absolute Gasteiger partial charge is 0.146 e. The number of nitrogens with zero attached hydrogens (tertiary/aromatic N) is 4. The minimum atomic E-state index is 0.530. The Morgan fingerprint density at radius 3 is 2.71 bits per heavy atom. The molecule has 2 aromatic heterocycles. The molecule has 1 saturated heterocycles. The first-order valence-corrected chi connectivity index (χ1v) is 9.95. The lowest BCUT2D eigenvalue weighted by Crippen LogP contribution is -2.53. The molecule has 2 fully saturated rings. The van der Waals surface area contributed by atoms with E-state index >= 15 is 0 Å². The Labute approximate surface area is 156 Å². The fraction of sp³-hybridized carbons (Fsp3) is 0.647. The summed E-state index contributed by atoms with van der Waals surface area (Å²) in [5.41, 5.74) is 7.04. The van der Waals surface area contributed by atoms with E-state index < -0.39 is 0 Å². The molecule has 24 heavy (non-hydrogen) atoms. The maximum absolute atomic E-state index is 6.05. The van der Waals surface area contributed by atoms with E-state index in [9.17, 15) is 0 Å². The number of hydrogen-bond acceptors (Lipinski definition) is 5. The normalized spacial score (nSPS) is 29.2. The number of piperazine rings is 1. The van der Waals surface area contributed by atoms with Crippen LogP contribution in [-0.2, 0) is 0 Å². The van der Waals surface area contributed by atoms with Crippen LogP contribution < -0.4 is 11.1 Å². The van der Waals surface area contributed by atoms with Crippen molar-refractivity contribution in [3.63, 3.8) is 0 Å². The molecule has 0 amide bonds. The highest BCUT2D eigenvalue weighted by Gasteiger charge is 2.29. The Morgan fingerprint density at radius 2 is 1.96 bits per heavy atom. The molecular weight excluding hydrogens is 415 g/mol. The molecule has 0 spiro atoms. The van der Waals surface area contributed by atoms with Crippen molar-refractivity contribution < 1.29 is 0 Å². The van der Waals surface area contributed by atoms with E-state index in [-0.39, 0.29) is 0 Å². The van der Waals surface area contributed by atoms with Gasteiger partial charge in [0.05, 0.1) is 5.39 Å². The number of aromatic nitrogens is 3. The summed E-state index contributed by atoms with van der Waals surface area (Å²) >= 11 is 2.35. The topological polar surface area (TPSA) is 72.0 Å². The summed E-state index contributed by atoms with van der Waals surface area (Å²) in [5.74, 6) is 0.589. The third-order valence-corrected chi connectivity index (χ3v) is 6.39. The van der Waals surface area contributed by atoms with Crippen LogP contribution >= 0.6 is 22.6 Å². The van der Waals surface area contributed by atoms with Gasteiger partial charge in [-0.1, -0.05) is 0 Å². The van der Waals surface area contributed by atoms with Gasteiger partial charge in [0.15, 0.2) is 0 Å². The van der Waals surface area contributed by atoms with Crippen molar-refractivity contribution in [1.82, 2.24) is 24.8 Å². The summed E-state index contributed by atoms with van der Waals surface area (Å²) < 4.78 is 3.49. The number of fused-ring (bicyclic) bond motifs is 1. The fourth-order valence-electron chi connectivity index (χ4n) is 4.34. The number of anilines is 1. The minimum Gasteiger partial charge on any atom is -0.383 e. The molecule has 7 heteroatoms. The number of rotatable bonds is 2. The van der Waals surface area contributed by atoms with Gasteiger partial charge in [-0.25, -0.2) is 9.97 Å². The van der Waals surface area contributed by atoms with Crippen molar-refractivity contribution >= 4 is 39.4 Å². The first kappa shape index (κ1) is 16.5. The lowest BCUT2D eigenvalue weighted by Gasteiger charge is -2.41. The molecule has 130 valence electrons. The van der Waals surface area contributed by atoms with Gasteiger partial charge in [0.2, 0.25) is 0 Å². The van der Waals surface area contributed by atoms with Crippen LogP contribution in [0.5, 0.6) is 0 Å². The predicted molar refractivity (Wildman–Crippen MR) is 105 cm³/mol. The van der Waals surface area contributed by atoms with Crippen molar-refractivity contribution in [3.05, 3.63) is 16.1 Å². The molecule has 3 heterocycles. The number of nitrogens with one attached hydrogen (secondary N) is 1. The van der Waals surface area contributed by atoms with Gasteiger partial charge in [-0.2, -0.15) is 0 Å². The van der Waals surface area contributed by atoms with Crippen molar-refractivity contribution in [2.24, 2.45) is 0 Å². The van der Waals surface area contributed by atoms with Crippen LogP contribution in [0, 0.1) is 3.57 Å². The van der Waals surface area contributed by atoms with Crippen LogP contribution in [0.4, 0.5) is 5.82 Å². The minimum absolute atomic E-state index is 0.530. The molecule has 4 rings (SSSR count). The van der Waals surface area contributed by atoms with Crippen LogP contribution in [0.15, 0.2) is 12.5 Å². The van der Waals surface area contributed by atoms with Gasteiger partial charge in [0.1, 0.15) is 17.8 Å². The molecule has 0 unspecified atom stereocenters. The SMILES string of the molecule is C[C@H]1CN([C@H]2CC[C@H](n3cc(I)c4c(N)ncnc43)CC2)CCN1. The van der Waals surface area contributed by atoms with Crippen molar-refractivity contribution in [1.29, 1.82) is 0 Å². The number of halogens is 1. The van der Waals surface area contributed by atoms with E-state index in [2.05, 4.69) is 60.5 Å². The average Bonchev–Trinajstić information content (AvgIpc) is 2.93. The molecule has 1 aliphatic heterocycles. The summed E-state index contributed by atoms with van der Waals surface area (Å²) in [5, 5.41) is 4.55. The monoisotopic (exact) mass is 440 g/mol. The van der Waals surface area contributed by atoms with E-state index in [1.165, 1.54) is 38.8 Å². The maximum atomic E-state index is 6.05. The largest absolute Gasteiger partial charge is 0.383 e. The molecule has 2 aliphatic rings. The van der Waals surface area contributed by atoms with Gasteiger partial charge in [0.25, 0.3) is 0 Å². The van der Waals surface area contributed by atoms with E-state index in [1.807, 2.05) is 0 Å². The Kier molecular flexibility index (Phi) is 4.66. The van der Waals surface area contributed by atoms with Crippen LogP contribution in [0.1, 0.15) is 38.6 Å². The van der Waals surface area contributed by atoms with E-state index in [1.54, 1.807) is 6.33 Å². The summed E-state index contributed by atoms with van der Waals surface area (Å²) in [6, 6.07) is 1.89. The van der Waals surface area contributed by atoms with Gasteiger partial charge in [-0.15, -0.1) is 0 Å². The molecule has 3 N–H and O–H groups in total. The molecule has 6 nitrogen and oxygen atoms in total. The van der Waals surface area contributed by atoms with E-state index in [0.717, 1.165) is 27.2 Å². The van der Waals surface area contributed by atoms with Crippen molar-refractivity contribution in [2.45, 2.75) is 50.7 Å². The summed E-state index contributed by atoms with van der Waals surface area (Å²) in [6.07, 6.45) is 8.76. The highest BCUT2D eigenvalue weighted by Crippen LogP contribution is 2.35. The lowest BCUT2D eigenvalue weighted by atomic mass is 9.89. The summed E-state index contributed by atoms with van der Waals surface area (Å²) in [6.45, 7) is 5.78. The highest BCUT2D eigenvalue weighted by molar-refractivity contribution is 14.1. The van der Waals surface area contributed by atoms with Gasteiger partial charge < -0.3 is 15.6 Å². The van der Waals surface area contributed by atoms with Crippen LogP contribution in [0.25, 0.3) is 11.0 Å². The van der Waals surface area contributed by atoms with E-state index in [0.29, 0.717) is 17.9 Å². The zero-order valence-corrected chi connectivity index (χ0v) is 16.2. The number of nitrogens with two attached hydrogens (primary N) is 1. The van der Waals surface area contributed by atoms with E-state index in [4.69, 9.17) is 5.73 Å². The van der Waals surface area contributed by atoms with Gasteiger partial charge in [-0.05, 0) is 55.2 Å². The molecule has 1 saturated carbocycles. The molecule has 0 bridgehead atoms. The van der Waals surface area contributed by atoms with Crippen LogP contribution in [0.3, 0.4) is 0 Å². The molecule has 0 radical (unpaired) electrons. The Balaban J connectivity index is 1.49. The number of nitrogen functional groups attached to an aromatic ring is 1. The molecule has 1 atom stereocenters. The molecule has 1 aliphatic carbocycles. The fourth-order valence-corrected chi connectivity index (χ4v) is 5.15. The van der Waals surface area contributed by atoms with Crippen molar-refractivity contribution in [2.75, 3.05) is 25.4 Å². The van der Waals surface area contributed by atoms with Gasteiger partial charge in [0, 0.05) is 47.5 Å². The Hall–Kier alpha value is -0.930. The predicted octanol–water partition coefficient (Wildman–Crippen LogP) is 2.40. The molecule has 0 aromatic carbocycles. The Bertz CT molecular complexity index is 721. The third-order valence-electron chi connectivity index (χ3n) is 5.57. The zero-order chi connectivity index (χ0) is 16.7. The lowest BCUT2D eigenvalue weighted by molar-refractivity contribution is 0.107. The Morgan fingerprint density at radius 1 is 1.21 bits per heavy atom. The summed E-state index contributed by atoms with van der Waals surface area (Å²) in [7, 11) is 0. The maximum Gasteiger partial charge on any atom is 0.146 e. The first-order chi connectivity index (χ1) is 11.6. The van der Waals surface area contributed by atoms with Crippen LogP contribution in [-0.4, -0.2) is 51.2 Å². The zero-order valence-electron chi connectivity index (χ0n) is 14.1. The second-order valence-corrected chi connectivity index (χ2v) is 8.32. The first-order valence-electron chi connectivity index (χ1n) is 8.87. The van der Waals surface area contributed by atoms with Crippen molar-refractivity contribution in [3.8, 4) is 0 Å².